The van der Waals surface area contributed by atoms with Crippen LogP contribution in [0.1, 0.15) is 25.0 Å². The Kier molecular flexibility index (Phi) is 4.51. The second kappa shape index (κ2) is 5.49. The zero-order valence-electron chi connectivity index (χ0n) is 9.74. The highest BCUT2D eigenvalue weighted by atomic mass is 19.4. The summed E-state index contributed by atoms with van der Waals surface area (Å²) in [6, 6.07) is 2.75. The molecule has 0 fully saturated rings. The maximum atomic E-state index is 12.8. The fourth-order valence-corrected chi connectivity index (χ4v) is 1.46. The number of hydrogen-bond acceptors (Lipinski definition) is 1. The predicted molar refractivity (Wildman–Crippen MR) is 57.9 cm³/mol. The van der Waals surface area contributed by atoms with Crippen molar-refractivity contribution < 1.29 is 17.6 Å². The van der Waals surface area contributed by atoms with E-state index < -0.39 is 17.6 Å². The molecule has 5 heteroatoms. The standard InChI is InChI=1S/C12H15F4N/c1-8(2)6-17-7-9-3-4-10(13)5-11(9)12(14,15)16/h3-5,8,17H,6-7H2,1-2H3. The molecular formula is C12H15F4N. The zero-order valence-corrected chi connectivity index (χ0v) is 9.74. The first-order valence-electron chi connectivity index (χ1n) is 5.37. The highest BCUT2D eigenvalue weighted by Gasteiger charge is 2.33. The van der Waals surface area contributed by atoms with Crippen LogP contribution >= 0.6 is 0 Å². The molecule has 0 radical (unpaired) electrons. The van der Waals surface area contributed by atoms with E-state index in [4.69, 9.17) is 0 Å². The van der Waals surface area contributed by atoms with Crippen LogP contribution in [0.15, 0.2) is 18.2 Å². The van der Waals surface area contributed by atoms with Gasteiger partial charge in [-0.25, -0.2) is 4.39 Å². The number of rotatable bonds is 4. The van der Waals surface area contributed by atoms with Crippen LogP contribution in [0.2, 0.25) is 0 Å². The first kappa shape index (κ1) is 14.0. The van der Waals surface area contributed by atoms with Crippen LogP contribution in [-0.4, -0.2) is 6.54 Å². The van der Waals surface area contributed by atoms with Crippen molar-refractivity contribution in [1.82, 2.24) is 5.32 Å². The van der Waals surface area contributed by atoms with Gasteiger partial charge in [0, 0.05) is 6.54 Å². The minimum absolute atomic E-state index is 0.0690. The maximum absolute atomic E-state index is 12.8. The first-order chi connectivity index (χ1) is 7.80. The molecule has 0 spiro atoms. The highest BCUT2D eigenvalue weighted by molar-refractivity contribution is 5.30. The van der Waals surface area contributed by atoms with Crippen LogP contribution < -0.4 is 5.32 Å². The van der Waals surface area contributed by atoms with E-state index in [2.05, 4.69) is 5.32 Å². The molecule has 0 unspecified atom stereocenters. The van der Waals surface area contributed by atoms with Gasteiger partial charge in [0.05, 0.1) is 5.56 Å². The third-order valence-electron chi connectivity index (χ3n) is 2.25. The monoisotopic (exact) mass is 249 g/mol. The molecule has 0 saturated carbocycles. The van der Waals surface area contributed by atoms with Gasteiger partial charge in [-0.1, -0.05) is 19.9 Å². The second-order valence-corrected chi connectivity index (χ2v) is 4.32. The van der Waals surface area contributed by atoms with Crippen LogP contribution in [0.4, 0.5) is 17.6 Å². The zero-order chi connectivity index (χ0) is 13.1. The van der Waals surface area contributed by atoms with Gasteiger partial charge >= 0.3 is 6.18 Å². The second-order valence-electron chi connectivity index (χ2n) is 4.32. The van der Waals surface area contributed by atoms with E-state index in [1.54, 1.807) is 0 Å². The SMILES string of the molecule is CC(C)CNCc1ccc(F)cc1C(F)(F)F. The lowest BCUT2D eigenvalue weighted by molar-refractivity contribution is -0.138. The topological polar surface area (TPSA) is 12.0 Å². The van der Waals surface area contributed by atoms with E-state index in [0.29, 0.717) is 18.5 Å². The molecule has 1 aromatic carbocycles. The molecule has 0 aliphatic carbocycles. The molecule has 0 bridgehead atoms. The van der Waals surface area contributed by atoms with E-state index in [1.807, 2.05) is 13.8 Å². The van der Waals surface area contributed by atoms with Crippen LogP contribution in [0.25, 0.3) is 0 Å². The number of halogens is 4. The van der Waals surface area contributed by atoms with Gasteiger partial charge in [0.25, 0.3) is 0 Å². The summed E-state index contributed by atoms with van der Waals surface area (Å²) in [7, 11) is 0. The fraction of sp³-hybridized carbons (Fsp3) is 0.500. The van der Waals surface area contributed by atoms with Crippen molar-refractivity contribution in [1.29, 1.82) is 0 Å². The van der Waals surface area contributed by atoms with Crippen molar-refractivity contribution in [2.75, 3.05) is 6.54 Å². The van der Waals surface area contributed by atoms with Crippen LogP contribution in [0.3, 0.4) is 0 Å². The van der Waals surface area contributed by atoms with Gasteiger partial charge in [-0.05, 0) is 30.2 Å². The van der Waals surface area contributed by atoms with Gasteiger partial charge in [0.15, 0.2) is 0 Å². The Hall–Kier alpha value is -1.10. The molecule has 96 valence electrons. The van der Waals surface area contributed by atoms with Crippen molar-refractivity contribution in [3.63, 3.8) is 0 Å². The Balaban J connectivity index is 2.84. The molecule has 0 aliphatic rings. The van der Waals surface area contributed by atoms with Crippen LogP contribution in [0.5, 0.6) is 0 Å². The normalized spacial score (nSPS) is 12.2. The van der Waals surface area contributed by atoms with Crippen molar-refractivity contribution in [2.45, 2.75) is 26.6 Å². The molecule has 0 aliphatic heterocycles. The van der Waals surface area contributed by atoms with Gasteiger partial charge in [0.1, 0.15) is 5.82 Å². The highest BCUT2D eigenvalue weighted by Crippen LogP contribution is 2.32. The maximum Gasteiger partial charge on any atom is 0.416 e. The molecule has 0 amide bonds. The number of alkyl halides is 3. The van der Waals surface area contributed by atoms with E-state index >= 15 is 0 Å². The summed E-state index contributed by atoms with van der Waals surface area (Å²) in [6.45, 7) is 4.63. The van der Waals surface area contributed by atoms with E-state index in [1.165, 1.54) is 6.07 Å². The summed E-state index contributed by atoms with van der Waals surface area (Å²) in [5.41, 5.74) is -0.840. The third kappa shape index (κ3) is 4.34. The summed E-state index contributed by atoms with van der Waals surface area (Å²) >= 11 is 0. The Morgan fingerprint density at radius 1 is 1.24 bits per heavy atom. The Bertz CT molecular complexity index is 371. The average molecular weight is 249 g/mol. The quantitative estimate of drug-likeness (QED) is 0.804. The number of benzene rings is 1. The summed E-state index contributed by atoms with van der Waals surface area (Å²) < 4.78 is 50.7. The summed E-state index contributed by atoms with van der Waals surface area (Å²) in [4.78, 5) is 0. The molecule has 1 aromatic rings. The molecular weight excluding hydrogens is 234 g/mol. The molecule has 17 heavy (non-hydrogen) atoms. The Labute approximate surface area is 97.8 Å². The van der Waals surface area contributed by atoms with Crippen LogP contribution in [0, 0.1) is 11.7 Å². The van der Waals surface area contributed by atoms with Crippen molar-refractivity contribution in [2.24, 2.45) is 5.92 Å². The molecule has 1 nitrogen and oxygen atoms in total. The molecule has 0 aromatic heterocycles. The minimum atomic E-state index is -4.52. The van der Waals surface area contributed by atoms with Gasteiger partial charge in [-0.3, -0.25) is 0 Å². The molecule has 0 saturated heterocycles. The van der Waals surface area contributed by atoms with Crippen molar-refractivity contribution in [3.8, 4) is 0 Å². The van der Waals surface area contributed by atoms with Crippen molar-refractivity contribution >= 4 is 0 Å². The van der Waals surface area contributed by atoms with E-state index in [-0.39, 0.29) is 12.1 Å². The van der Waals surface area contributed by atoms with Gasteiger partial charge in [0.2, 0.25) is 0 Å². The molecule has 1 N–H and O–H groups in total. The van der Waals surface area contributed by atoms with Crippen LogP contribution in [-0.2, 0) is 12.7 Å². The largest absolute Gasteiger partial charge is 0.416 e. The third-order valence-corrected chi connectivity index (χ3v) is 2.25. The Morgan fingerprint density at radius 3 is 2.41 bits per heavy atom. The van der Waals surface area contributed by atoms with E-state index in [0.717, 1.165) is 6.07 Å². The average Bonchev–Trinajstić information content (AvgIpc) is 2.18. The van der Waals surface area contributed by atoms with Gasteiger partial charge in [-0.2, -0.15) is 13.2 Å². The first-order valence-corrected chi connectivity index (χ1v) is 5.37. The lowest BCUT2D eigenvalue weighted by Crippen LogP contribution is -2.21. The van der Waals surface area contributed by atoms with Crippen molar-refractivity contribution in [3.05, 3.63) is 35.1 Å². The minimum Gasteiger partial charge on any atom is -0.312 e. The summed E-state index contributed by atoms with van der Waals surface area (Å²) in [5.74, 6) is -0.519. The molecule has 0 heterocycles. The predicted octanol–water partition coefficient (Wildman–Crippen LogP) is 3.59. The number of hydrogen-bond donors (Lipinski definition) is 1. The van der Waals surface area contributed by atoms with Gasteiger partial charge < -0.3 is 5.32 Å². The number of nitrogens with one attached hydrogen (secondary N) is 1. The fourth-order valence-electron chi connectivity index (χ4n) is 1.46. The Morgan fingerprint density at radius 2 is 1.88 bits per heavy atom. The molecule has 1 rings (SSSR count). The smallest absolute Gasteiger partial charge is 0.312 e. The van der Waals surface area contributed by atoms with E-state index in [9.17, 15) is 17.6 Å². The van der Waals surface area contributed by atoms with Gasteiger partial charge in [-0.15, -0.1) is 0 Å². The lowest BCUT2D eigenvalue weighted by atomic mass is 10.1. The summed E-state index contributed by atoms with van der Waals surface area (Å²) in [6.07, 6.45) is -4.52. The lowest BCUT2D eigenvalue weighted by Gasteiger charge is -2.14. The molecule has 0 atom stereocenters. The summed E-state index contributed by atoms with van der Waals surface area (Å²) in [5, 5.41) is 2.91.